The number of anilines is 1. The highest BCUT2D eigenvalue weighted by Crippen LogP contribution is 2.20. The summed E-state index contributed by atoms with van der Waals surface area (Å²) in [5, 5.41) is 0. The normalized spacial score (nSPS) is 17.8. The van der Waals surface area contributed by atoms with Crippen molar-refractivity contribution in [2.45, 2.75) is 24.7 Å². The van der Waals surface area contributed by atoms with Crippen molar-refractivity contribution in [2.24, 2.45) is 5.92 Å². The lowest BCUT2D eigenvalue weighted by molar-refractivity contribution is 0.0683. The van der Waals surface area contributed by atoms with Gasteiger partial charge in [-0.2, -0.15) is 0 Å². The van der Waals surface area contributed by atoms with E-state index >= 15 is 0 Å². The minimum absolute atomic E-state index is 0.0188. The Balaban J connectivity index is 1.75. The number of rotatable bonds is 4. The van der Waals surface area contributed by atoms with Gasteiger partial charge < -0.3 is 4.90 Å². The van der Waals surface area contributed by atoms with E-state index in [9.17, 15) is 17.6 Å². The Hall–Kier alpha value is -2.41. The van der Waals surface area contributed by atoms with Gasteiger partial charge in [0.2, 0.25) is 0 Å². The van der Waals surface area contributed by atoms with Crippen LogP contribution in [-0.4, -0.2) is 32.3 Å². The summed E-state index contributed by atoms with van der Waals surface area (Å²) < 4.78 is 40.4. The molecule has 26 heavy (non-hydrogen) atoms. The molecule has 0 bridgehead atoms. The fraction of sp³-hybridized carbons (Fsp3) is 0.316. The van der Waals surface area contributed by atoms with E-state index in [2.05, 4.69) is 11.6 Å². The third-order valence-corrected chi connectivity index (χ3v) is 5.83. The number of sulfonamides is 1. The molecular formula is C19H21FN2O3S. The van der Waals surface area contributed by atoms with Gasteiger partial charge in [0, 0.05) is 18.7 Å². The minimum Gasteiger partial charge on any atom is -0.338 e. The fourth-order valence-corrected chi connectivity index (χ4v) is 4.15. The summed E-state index contributed by atoms with van der Waals surface area (Å²) in [5.41, 5.74) is 0.608. The number of amides is 1. The summed E-state index contributed by atoms with van der Waals surface area (Å²) in [5.74, 6) is -0.136. The maximum atomic E-state index is 13.2. The van der Waals surface area contributed by atoms with Crippen molar-refractivity contribution in [3.63, 3.8) is 0 Å². The van der Waals surface area contributed by atoms with Gasteiger partial charge in [0.25, 0.3) is 15.9 Å². The molecule has 7 heteroatoms. The molecule has 1 N–H and O–H groups in total. The van der Waals surface area contributed by atoms with Gasteiger partial charge in [0.05, 0.1) is 10.6 Å². The number of nitrogens with one attached hydrogen (secondary N) is 1. The molecule has 1 aliphatic heterocycles. The molecule has 1 aliphatic rings. The molecule has 5 nitrogen and oxygen atoms in total. The minimum atomic E-state index is -3.85. The van der Waals surface area contributed by atoms with E-state index in [1.807, 2.05) is 4.90 Å². The highest BCUT2D eigenvalue weighted by atomic mass is 32.2. The summed E-state index contributed by atoms with van der Waals surface area (Å²) in [7, 11) is -3.85. The van der Waals surface area contributed by atoms with Gasteiger partial charge in [0.1, 0.15) is 5.82 Å². The van der Waals surface area contributed by atoms with Gasteiger partial charge in [-0.1, -0.05) is 13.0 Å². The zero-order valence-electron chi connectivity index (χ0n) is 14.5. The maximum absolute atomic E-state index is 13.2. The molecule has 0 aromatic heterocycles. The number of carbonyl (C=O) groups excluding carboxylic acids is 1. The third kappa shape index (κ3) is 4.22. The summed E-state index contributed by atoms with van der Waals surface area (Å²) in [6.07, 6.45) is 2.10. The quantitative estimate of drug-likeness (QED) is 0.888. The molecule has 2 aromatic rings. The van der Waals surface area contributed by atoms with Crippen LogP contribution in [0.5, 0.6) is 0 Å². The number of halogens is 1. The first-order valence-electron chi connectivity index (χ1n) is 8.53. The topological polar surface area (TPSA) is 66.5 Å². The third-order valence-electron chi connectivity index (χ3n) is 4.43. The van der Waals surface area contributed by atoms with Gasteiger partial charge in [0.15, 0.2) is 0 Å². The van der Waals surface area contributed by atoms with Gasteiger partial charge in [-0.05, 0) is 61.2 Å². The molecule has 0 saturated carbocycles. The van der Waals surface area contributed by atoms with E-state index in [1.54, 1.807) is 0 Å². The molecule has 1 saturated heterocycles. The van der Waals surface area contributed by atoms with Crippen LogP contribution in [0.1, 0.15) is 30.1 Å². The maximum Gasteiger partial charge on any atom is 0.261 e. The molecule has 0 radical (unpaired) electrons. The second-order valence-corrected chi connectivity index (χ2v) is 8.32. The number of nitrogens with zero attached hydrogens (tertiary/aromatic N) is 1. The molecule has 1 amide bonds. The van der Waals surface area contributed by atoms with Crippen molar-refractivity contribution < 1.29 is 17.6 Å². The summed E-state index contributed by atoms with van der Waals surface area (Å²) in [6.45, 7) is 3.57. The fourth-order valence-electron chi connectivity index (χ4n) is 3.10. The lowest BCUT2D eigenvalue weighted by atomic mass is 9.99. The Morgan fingerprint density at radius 1 is 1.19 bits per heavy atom. The van der Waals surface area contributed by atoms with Crippen molar-refractivity contribution in [1.29, 1.82) is 0 Å². The Morgan fingerprint density at radius 3 is 2.58 bits per heavy atom. The number of likely N-dealkylation sites (tertiary alicyclic amines) is 1. The van der Waals surface area contributed by atoms with Crippen LogP contribution in [-0.2, 0) is 10.0 Å². The van der Waals surface area contributed by atoms with Crippen LogP contribution in [0.25, 0.3) is 0 Å². The molecule has 138 valence electrons. The second kappa shape index (κ2) is 7.45. The molecule has 1 unspecified atom stereocenters. The lowest BCUT2D eigenvalue weighted by Crippen LogP contribution is -2.39. The molecule has 3 rings (SSSR count). The Morgan fingerprint density at radius 2 is 1.92 bits per heavy atom. The molecule has 1 heterocycles. The predicted octanol–water partition coefficient (Wildman–Crippen LogP) is 3.50. The highest BCUT2D eigenvalue weighted by molar-refractivity contribution is 7.92. The average molecular weight is 376 g/mol. The van der Waals surface area contributed by atoms with Crippen LogP contribution in [0, 0.1) is 11.7 Å². The number of benzene rings is 2. The Kier molecular flexibility index (Phi) is 5.27. The van der Waals surface area contributed by atoms with Gasteiger partial charge in [-0.25, -0.2) is 12.8 Å². The molecule has 1 fully saturated rings. The molecule has 0 aliphatic carbocycles. The van der Waals surface area contributed by atoms with E-state index in [-0.39, 0.29) is 16.5 Å². The lowest BCUT2D eigenvalue weighted by Gasteiger charge is -2.31. The van der Waals surface area contributed by atoms with Crippen LogP contribution >= 0.6 is 0 Å². The summed E-state index contributed by atoms with van der Waals surface area (Å²) in [4.78, 5) is 14.4. The largest absolute Gasteiger partial charge is 0.338 e. The molecule has 1 atom stereocenters. The van der Waals surface area contributed by atoms with Crippen LogP contribution < -0.4 is 4.72 Å². The Bertz CT molecular complexity index is 897. The number of hydrogen-bond acceptors (Lipinski definition) is 3. The van der Waals surface area contributed by atoms with Crippen LogP contribution in [0.2, 0.25) is 0 Å². The van der Waals surface area contributed by atoms with E-state index in [4.69, 9.17) is 0 Å². The zero-order valence-corrected chi connectivity index (χ0v) is 15.3. The zero-order chi connectivity index (χ0) is 18.7. The smallest absolute Gasteiger partial charge is 0.261 e. The van der Waals surface area contributed by atoms with E-state index in [1.165, 1.54) is 42.5 Å². The predicted molar refractivity (Wildman–Crippen MR) is 98.0 cm³/mol. The van der Waals surface area contributed by atoms with Crippen LogP contribution in [0.15, 0.2) is 53.4 Å². The first-order valence-corrected chi connectivity index (χ1v) is 10.0. The highest BCUT2D eigenvalue weighted by Gasteiger charge is 2.22. The first-order chi connectivity index (χ1) is 12.3. The molecule has 2 aromatic carbocycles. The van der Waals surface area contributed by atoms with E-state index < -0.39 is 15.8 Å². The summed E-state index contributed by atoms with van der Waals surface area (Å²) in [6, 6.07) is 11.0. The molecule has 0 spiro atoms. The van der Waals surface area contributed by atoms with Crippen molar-refractivity contribution in [2.75, 3.05) is 17.8 Å². The average Bonchev–Trinajstić information content (AvgIpc) is 2.61. The standard InChI is InChI=1S/C19H21FN2O3S/c1-14-4-3-11-22(13-14)19(23)15-7-9-18(10-8-15)26(24,25)21-17-6-2-5-16(20)12-17/h2,5-10,12,14,21H,3-4,11,13H2,1H3. The van der Waals surface area contributed by atoms with Crippen LogP contribution in [0.3, 0.4) is 0 Å². The number of hydrogen-bond donors (Lipinski definition) is 1. The van der Waals surface area contributed by atoms with E-state index in [0.29, 0.717) is 11.5 Å². The molecular weight excluding hydrogens is 355 g/mol. The second-order valence-electron chi connectivity index (χ2n) is 6.64. The van der Waals surface area contributed by atoms with Gasteiger partial charge in [-0.15, -0.1) is 0 Å². The summed E-state index contributed by atoms with van der Waals surface area (Å²) >= 11 is 0. The van der Waals surface area contributed by atoms with E-state index in [0.717, 1.165) is 32.0 Å². The SMILES string of the molecule is CC1CCCN(C(=O)c2ccc(S(=O)(=O)Nc3cccc(F)c3)cc2)C1. The van der Waals surface area contributed by atoms with Crippen molar-refractivity contribution in [1.82, 2.24) is 4.90 Å². The Labute approximate surface area is 152 Å². The first kappa shape index (κ1) is 18.4. The van der Waals surface area contributed by atoms with Crippen LogP contribution in [0.4, 0.5) is 10.1 Å². The van der Waals surface area contributed by atoms with Crippen molar-refractivity contribution in [3.05, 3.63) is 59.9 Å². The van der Waals surface area contributed by atoms with Crippen molar-refractivity contribution in [3.8, 4) is 0 Å². The van der Waals surface area contributed by atoms with Crippen molar-refractivity contribution >= 4 is 21.6 Å². The monoisotopic (exact) mass is 376 g/mol. The van der Waals surface area contributed by atoms with Gasteiger partial charge >= 0.3 is 0 Å². The number of carbonyl (C=O) groups is 1. The van der Waals surface area contributed by atoms with Gasteiger partial charge in [-0.3, -0.25) is 9.52 Å². The number of piperidine rings is 1.